The largest absolute Gasteiger partial charge is 0.497 e. The molecule has 0 aliphatic rings. The van der Waals surface area contributed by atoms with Gasteiger partial charge in [-0.05, 0) is 18.2 Å². The number of aromatic nitrogens is 1. The molecule has 0 spiro atoms. The zero-order valence-electron chi connectivity index (χ0n) is 10.5. The predicted molar refractivity (Wildman–Crippen MR) is 69.0 cm³/mol. The first-order valence-corrected chi connectivity index (χ1v) is 5.59. The Morgan fingerprint density at radius 1 is 1.35 bits per heavy atom. The zero-order chi connectivity index (χ0) is 14.5. The van der Waals surface area contributed by atoms with Crippen LogP contribution in [0.25, 0.3) is 0 Å². The molecule has 0 aliphatic heterocycles. The summed E-state index contributed by atoms with van der Waals surface area (Å²) in [6, 6.07) is 9.34. The SMILES string of the molecule is COc1ccc(C(=O)O)c(Oc2ccc(C#N)cn2)c1. The highest BCUT2D eigenvalue weighted by atomic mass is 16.5. The lowest BCUT2D eigenvalue weighted by Crippen LogP contribution is -2.01. The monoisotopic (exact) mass is 270 g/mol. The van der Waals surface area contributed by atoms with Crippen molar-refractivity contribution in [2.75, 3.05) is 7.11 Å². The summed E-state index contributed by atoms with van der Waals surface area (Å²) in [5.74, 6) is -0.330. The second-order valence-electron chi connectivity index (χ2n) is 3.77. The number of aromatic carboxylic acids is 1. The van der Waals surface area contributed by atoms with Crippen LogP contribution < -0.4 is 9.47 Å². The average molecular weight is 270 g/mol. The minimum absolute atomic E-state index is 0.00282. The maximum atomic E-state index is 11.1. The molecule has 0 fully saturated rings. The first kappa shape index (κ1) is 13.4. The van der Waals surface area contributed by atoms with Crippen LogP contribution in [0.4, 0.5) is 0 Å². The topological polar surface area (TPSA) is 92.4 Å². The van der Waals surface area contributed by atoms with E-state index in [4.69, 9.17) is 19.8 Å². The number of rotatable bonds is 4. The van der Waals surface area contributed by atoms with Crippen LogP contribution in [0.5, 0.6) is 17.4 Å². The van der Waals surface area contributed by atoms with Crippen molar-refractivity contribution in [3.05, 3.63) is 47.7 Å². The standard InChI is InChI=1S/C14H10N2O4/c1-19-10-3-4-11(14(17)18)12(6-10)20-13-5-2-9(7-15)8-16-13/h2-6,8H,1H3,(H,17,18). The lowest BCUT2D eigenvalue weighted by molar-refractivity contribution is 0.0694. The number of hydrogen-bond acceptors (Lipinski definition) is 5. The molecule has 0 atom stereocenters. The van der Waals surface area contributed by atoms with E-state index in [2.05, 4.69) is 4.98 Å². The van der Waals surface area contributed by atoms with Crippen LogP contribution >= 0.6 is 0 Å². The summed E-state index contributed by atoms with van der Waals surface area (Å²) in [7, 11) is 1.47. The van der Waals surface area contributed by atoms with Gasteiger partial charge in [-0.25, -0.2) is 9.78 Å². The molecule has 0 unspecified atom stereocenters. The number of carbonyl (C=O) groups is 1. The van der Waals surface area contributed by atoms with Gasteiger partial charge < -0.3 is 14.6 Å². The summed E-state index contributed by atoms with van der Waals surface area (Å²) in [4.78, 5) is 15.1. The molecule has 6 heteroatoms. The Hall–Kier alpha value is -3.07. The summed E-state index contributed by atoms with van der Waals surface area (Å²) in [6.45, 7) is 0. The van der Waals surface area contributed by atoms with Gasteiger partial charge in [-0.15, -0.1) is 0 Å². The molecule has 0 radical (unpaired) electrons. The molecule has 1 aromatic carbocycles. The summed E-state index contributed by atoms with van der Waals surface area (Å²) < 4.78 is 10.5. The van der Waals surface area contributed by atoms with Crippen molar-refractivity contribution in [2.45, 2.75) is 0 Å². The third-order valence-corrected chi connectivity index (χ3v) is 2.50. The minimum atomic E-state index is -1.11. The van der Waals surface area contributed by atoms with E-state index in [1.54, 1.807) is 0 Å². The number of ether oxygens (including phenoxy) is 2. The Morgan fingerprint density at radius 3 is 2.70 bits per heavy atom. The Labute approximate surface area is 114 Å². The molecule has 1 aromatic heterocycles. The summed E-state index contributed by atoms with van der Waals surface area (Å²) in [5.41, 5.74) is 0.387. The van der Waals surface area contributed by atoms with Crippen molar-refractivity contribution < 1.29 is 19.4 Å². The molecule has 20 heavy (non-hydrogen) atoms. The average Bonchev–Trinajstić information content (AvgIpc) is 2.47. The van der Waals surface area contributed by atoms with E-state index in [-0.39, 0.29) is 17.2 Å². The molecule has 100 valence electrons. The maximum Gasteiger partial charge on any atom is 0.339 e. The number of nitrogens with zero attached hydrogens (tertiary/aromatic N) is 2. The van der Waals surface area contributed by atoms with Crippen LogP contribution in [0.2, 0.25) is 0 Å². The van der Waals surface area contributed by atoms with Gasteiger partial charge in [0.1, 0.15) is 23.1 Å². The maximum absolute atomic E-state index is 11.1. The van der Waals surface area contributed by atoms with Crippen LogP contribution in [0.15, 0.2) is 36.5 Å². The highest BCUT2D eigenvalue weighted by Gasteiger charge is 2.13. The molecule has 1 N–H and O–H groups in total. The number of hydrogen-bond donors (Lipinski definition) is 1. The Bertz CT molecular complexity index is 675. The van der Waals surface area contributed by atoms with Crippen molar-refractivity contribution in [2.24, 2.45) is 0 Å². The molecule has 0 bridgehead atoms. The molecule has 1 heterocycles. The van der Waals surface area contributed by atoms with Crippen LogP contribution in [0.3, 0.4) is 0 Å². The van der Waals surface area contributed by atoms with Crippen molar-refractivity contribution in [1.29, 1.82) is 5.26 Å². The predicted octanol–water partition coefficient (Wildman–Crippen LogP) is 2.45. The molecular weight excluding hydrogens is 260 g/mol. The molecule has 0 saturated carbocycles. The van der Waals surface area contributed by atoms with Gasteiger partial charge in [0, 0.05) is 18.3 Å². The van der Waals surface area contributed by atoms with Gasteiger partial charge in [-0.2, -0.15) is 5.26 Å². The lowest BCUT2D eigenvalue weighted by atomic mass is 10.2. The van der Waals surface area contributed by atoms with Gasteiger partial charge >= 0.3 is 5.97 Å². The van der Waals surface area contributed by atoms with E-state index in [0.717, 1.165) is 0 Å². The second-order valence-corrected chi connectivity index (χ2v) is 3.77. The molecule has 0 saturated heterocycles. The molecule has 6 nitrogen and oxygen atoms in total. The van der Waals surface area contributed by atoms with Gasteiger partial charge in [0.05, 0.1) is 12.7 Å². The summed E-state index contributed by atoms with van der Waals surface area (Å²) in [5, 5.41) is 17.8. The fourth-order valence-electron chi connectivity index (χ4n) is 1.51. The van der Waals surface area contributed by atoms with Crippen molar-refractivity contribution in [1.82, 2.24) is 4.98 Å². The summed E-state index contributed by atoms with van der Waals surface area (Å²) in [6.07, 6.45) is 1.34. The van der Waals surface area contributed by atoms with Crippen LogP contribution in [0, 0.1) is 11.3 Å². The Kier molecular flexibility index (Phi) is 3.82. The molecular formula is C14H10N2O4. The van der Waals surface area contributed by atoms with E-state index in [1.165, 1.54) is 43.6 Å². The molecule has 0 aliphatic carbocycles. The molecule has 0 amide bonds. The van der Waals surface area contributed by atoms with Crippen molar-refractivity contribution in [3.63, 3.8) is 0 Å². The van der Waals surface area contributed by atoms with Gasteiger partial charge in [-0.1, -0.05) is 0 Å². The van der Waals surface area contributed by atoms with Crippen LogP contribution in [-0.2, 0) is 0 Å². The smallest absolute Gasteiger partial charge is 0.339 e. The van der Waals surface area contributed by atoms with E-state index < -0.39 is 5.97 Å². The van der Waals surface area contributed by atoms with Crippen LogP contribution in [-0.4, -0.2) is 23.2 Å². The number of pyridine rings is 1. The fourth-order valence-corrected chi connectivity index (χ4v) is 1.51. The normalized spacial score (nSPS) is 9.60. The van der Waals surface area contributed by atoms with E-state index in [9.17, 15) is 4.79 Å². The number of methoxy groups -OCH3 is 1. The van der Waals surface area contributed by atoms with Gasteiger partial charge in [0.2, 0.25) is 5.88 Å². The number of carboxylic acid groups (broad SMARTS) is 1. The van der Waals surface area contributed by atoms with Crippen LogP contribution in [0.1, 0.15) is 15.9 Å². The minimum Gasteiger partial charge on any atom is -0.497 e. The third-order valence-electron chi connectivity index (χ3n) is 2.50. The first-order valence-electron chi connectivity index (χ1n) is 5.59. The van der Waals surface area contributed by atoms with Gasteiger partial charge in [0.15, 0.2) is 0 Å². The highest BCUT2D eigenvalue weighted by Crippen LogP contribution is 2.28. The van der Waals surface area contributed by atoms with Crippen molar-refractivity contribution in [3.8, 4) is 23.4 Å². The second kappa shape index (κ2) is 5.71. The van der Waals surface area contributed by atoms with E-state index >= 15 is 0 Å². The highest BCUT2D eigenvalue weighted by molar-refractivity contribution is 5.91. The van der Waals surface area contributed by atoms with E-state index in [0.29, 0.717) is 11.3 Å². The quantitative estimate of drug-likeness (QED) is 0.917. The number of benzene rings is 1. The first-order chi connectivity index (χ1) is 9.63. The van der Waals surface area contributed by atoms with Gasteiger partial charge in [0.25, 0.3) is 0 Å². The number of nitriles is 1. The van der Waals surface area contributed by atoms with Gasteiger partial charge in [-0.3, -0.25) is 0 Å². The molecule has 2 rings (SSSR count). The molecule has 2 aromatic rings. The zero-order valence-corrected chi connectivity index (χ0v) is 10.5. The third kappa shape index (κ3) is 2.84. The summed E-state index contributed by atoms with van der Waals surface area (Å²) >= 11 is 0. The number of carboxylic acids is 1. The van der Waals surface area contributed by atoms with E-state index in [1.807, 2.05) is 6.07 Å². The van der Waals surface area contributed by atoms with Crippen molar-refractivity contribution >= 4 is 5.97 Å². The Balaban J connectivity index is 2.35. The fraction of sp³-hybridized carbons (Fsp3) is 0.0714. The lowest BCUT2D eigenvalue weighted by Gasteiger charge is -2.09. The Morgan fingerprint density at radius 2 is 2.15 bits per heavy atom.